The van der Waals surface area contributed by atoms with Crippen molar-refractivity contribution in [2.45, 2.75) is 37.6 Å². The summed E-state index contributed by atoms with van der Waals surface area (Å²) in [5, 5.41) is 0. The van der Waals surface area contributed by atoms with E-state index in [0.29, 0.717) is 0 Å². The summed E-state index contributed by atoms with van der Waals surface area (Å²) in [4.78, 5) is 0. The number of alkyl halides is 2. The molecule has 1 saturated carbocycles. The Morgan fingerprint density at radius 2 is 1.85 bits per heavy atom. The molecule has 1 aromatic rings. The highest BCUT2D eigenvalue weighted by Gasteiger charge is 2.39. The lowest BCUT2D eigenvalue weighted by Crippen LogP contribution is -2.38. The monoisotopic (exact) mass is 354 g/mol. The van der Waals surface area contributed by atoms with E-state index >= 15 is 0 Å². The van der Waals surface area contributed by atoms with Gasteiger partial charge in [0, 0.05) is 18.4 Å². The van der Waals surface area contributed by atoms with E-state index in [1.165, 1.54) is 6.07 Å². The van der Waals surface area contributed by atoms with Crippen LogP contribution in [0.2, 0.25) is 0 Å². The highest BCUT2D eigenvalue weighted by Crippen LogP contribution is 2.42. The summed E-state index contributed by atoms with van der Waals surface area (Å²) in [7, 11) is 0. The molecule has 0 aliphatic heterocycles. The molecule has 1 aromatic carbocycles. The van der Waals surface area contributed by atoms with Crippen LogP contribution in [0.3, 0.4) is 0 Å². The summed E-state index contributed by atoms with van der Waals surface area (Å²) < 4.78 is 54.4. The van der Waals surface area contributed by atoms with E-state index in [1.807, 2.05) is 0 Å². The molecule has 1 fully saturated rings. The average Bonchev–Trinajstić information content (AvgIpc) is 2.40. The molecule has 0 saturated heterocycles. The molecule has 0 amide bonds. The van der Waals surface area contributed by atoms with Gasteiger partial charge in [0.2, 0.25) is 5.92 Å². The van der Waals surface area contributed by atoms with Crippen LogP contribution in [0.5, 0.6) is 0 Å². The van der Waals surface area contributed by atoms with Crippen molar-refractivity contribution < 1.29 is 17.6 Å². The van der Waals surface area contributed by atoms with E-state index in [2.05, 4.69) is 21.4 Å². The van der Waals surface area contributed by atoms with Crippen molar-refractivity contribution >= 4 is 15.9 Å². The highest BCUT2D eigenvalue weighted by atomic mass is 79.9. The summed E-state index contributed by atoms with van der Waals surface area (Å²) in [6.07, 6.45) is -0.222. The van der Waals surface area contributed by atoms with E-state index in [1.54, 1.807) is 0 Å². The third-order valence-electron chi connectivity index (χ3n) is 3.80. The van der Waals surface area contributed by atoms with Gasteiger partial charge in [-0.25, -0.2) is 17.6 Å². The fraction of sp³-hybridized carbons (Fsp3) is 0.538. The molecule has 0 aromatic heterocycles. The Morgan fingerprint density at radius 3 is 2.40 bits per heavy atom. The van der Waals surface area contributed by atoms with Crippen LogP contribution in [0.4, 0.5) is 17.6 Å². The molecular formula is C13H15BrF4N2. The summed E-state index contributed by atoms with van der Waals surface area (Å²) in [6.45, 7) is 0. The van der Waals surface area contributed by atoms with Gasteiger partial charge in [-0.3, -0.25) is 11.3 Å². The van der Waals surface area contributed by atoms with Crippen molar-refractivity contribution in [3.05, 3.63) is 33.8 Å². The quantitative estimate of drug-likeness (QED) is 0.372. The van der Waals surface area contributed by atoms with Crippen LogP contribution in [0, 0.1) is 17.6 Å². The highest BCUT2D eigenvalue weighted by molar-refractivity contribution is 9.10. The van der Waals surface area contributed by atoms with Gasteiger partial charge in [-0.15, -0.1) is 0 Å². The zero-order valence-electron chi connectivity index (χ0n) is 10.6. The molecule has 1 atom stereocenters. The Hall–Kier alpha value is -0.660. The third kappa shape index (κ3) is 3.15. The zero-order chi connectivity index (χ0) is 14.9. The molecule has 0 heterocycles. The fourth-order valence-corrected chi connectivity index (χ4v) is 3.02. The average molecular weight is 355 g/mol. The van der Waals surface area contributed by atoms with Crippen LogP contribution in [0.15, 0.2) is 16.6 Å². The molecular weight excluding hydrogens is 340 g/mol. The molecule has 20 heavy (non-hydrogen) atoms. The number of halogens is 5. The van der Waals surface area contributed by atoms with E-state index in [4.69, 9.17) is 5.84 Å². The van der Waals surface area contributed by atoms with Crippen LogP contribution in [0.1, 0.15) is 37.3 Å². The van der Waals surface area contributed by atoms with Gasteiger partial charge in [-0.1, -0.05) is 0 Å². The van der Waals surface area contributed by atoms with Gasteiger partial charge in [-0.2, -0.15) is 0 Å². The van der Waals surface area contributed by atoms with Gasteiger partial charge in [-0.05, 0) is 46.8 Å². The maximum absolute atomic E-state index is 14.1. The number of hydrogen-bond acceptors (Lipinski definition) is 2. The molecule has 0 bridgehead atoms. The minimum absolute atomic E-state index is 0.121. The van der Waals surface area contributed by atoms with Gasteiger partial charge >= 0.3 is 0 Å². The van der Waals surface area contributed by atoms with Gasteiger partial charge in [0.25, 0.3) is 0 Å². The second-order valence-corrected chi connectivity index (χ2v) is 5.95. The first-order chi connectivity index (χ1) is 9.35. The second kappa shape index (κ2) is 5.99. The molecule has 2 rings (SSSR count). The maximum atomic E-state index is 14.1. The van der Waals surface area contributed by atoms with E-state index < -0.39 is 23.6 Å². The largest absolute Gasteiger partial charge is 0.271 e. The maximum Gasteiger partial charge on any atom is 0.248 e. The topological polar surface area (TPSA) is 38.0 Å². The normalized spacial score (nSPS) is 20.9. The van der Waals surface area contributed by atoms with Gasteiger partial charge in [0.15, 0.2) is 0 Å². The Bertz CT molecular complexity index is 486. The van der Waals surface area contributed by atoms with Gasteiger partial charge in [0.05, 0.1) is 10.5 Å². The predicted octanol–water partition coefficient (Wildman–Crippen LogP) is 4.06. The molecule has 0 spiro atoms. The minimum atomic E-state index is -2.69. The molecule has 0 radical (unpaired) electrons. The number of rotatable bonds is 3. The third-order valence-corrected chi connectivity index (χ3v) is 4.42. The summed E-state index contributed by atoms with van der Waals surface area (Å²) in [5.74, 6) is 0.917. The van der Waals surface area contributed by atoms with Crippen LogP contribution < -0.4 is 11.3 Å². The fourth-order valence-electron chi connectivity index (χ4n) is 2.68. The Morgan fingerprint density at radius 1 is 1.25 bits per heavy atom. The zero-order valence-corrected chi connectivity index (χ0v) is 12.2. The molecule has 3 N–H and O–H groups in total. The number of nitrogens with one attached hydrogen (secondary N) is 1. The number of nitrogens with two attached hydrogens (primary N) is 1. The van der Waals surface area contributed by atoms with Gasteiger partial charge < -0.3 is 0 Å². The van der Waals surface area contributed by atoms with E-state index in [9.17, 15) is 17.6 Å². The lowest BCUT2D eigenvalue weighted by molar-refractivity contribution is -0.0500. The molecule has 1 unspecified atom stereocenters. The van der Waals surface area contributed by atoms with Crippen molar-refractivity contribution in [3.63, 3.8) is 0 Å². The van der Waals surface area contributed by atoms with Crippen molar-refractivity contribution in [3.8, 4) is 0 Å². The number of hydrazine groups is 1. The molecule has 2 nitrogen and oxygen atoms in total. The van der Waals surface area contributed by atoms with Crippen LogP contribution in [0.25, 0.3) is 0 Å². The molecule has 112 valence electrons. The number of hydrogen-bond donors (Lipinski definition) is 2. The minimum Gasteiger partial charge on any atom is -0.271 e. The summed E-state index contributed by atoms with van der Waals surface area (Å²) >= 11 is 2.99. The smallest absolute Gasteiger partial charge is 0.248 e. The van der Waals surface area contributed by atoms with Crippen molar-refractivity contribution in [2.24, 2.45) is 11.8 Å². The van der Waals surface area contributed by atoms with Crippen LogP contribution in [-0.2, 0) is 0 Å². The first-order valence-corrected chi connectivity index (χ1v) is 7.12. The summed E-state index contributed by atoms with van der Waals surface area (Å²) in [5.41, 5.74) is 2.18. The van der Waals surface area contributed by atoms with Crippen LogP contribution in [-0.4, -0.2) is 5.92 Å². The standard InChI is InChI=1S/C13H15BrF4N2/c14-8-1-2-9(15)10(11(8)16)12(20-19)7-3-5-13(17,18)6-4-7/h1-2,7,12,20H,3-6,19H2. The molecule has 1 aliphatic rings. The first kappa shape index (κ1) is 15.7. The lowest BCUT2D eigenvalue weighted by atomic mass is 9.79. The SMILES string of the molecule is NNC(c1c(F)ccc(Br)c1F)C1CCC(F)(F)CC1. The van der Waals surface area contributed by atoms with Crippen molar-refractivity contribution in [1.29, 1.82) is 0 Å². The number of benzene rings is 1. The lowest BCUT2D eigenvalue weighted by Gasteiger charge is -2.34. The molecule has 7 heteroatoms. The summed E-state index contributed by atoms with van der Waals surface area (Å²) in [6, 6.07) is 1.57. The second-order valence-electron chi connectivity index (χ2n) is 5.09. The van der Waals surface area contributed by atoms with E-state index in [0.717, 1.165) is 6.07 Å². The van der Waals surface area contributed by atoms with Crippen molar-refractivity contribution in [1.82, 2.24) is 5.43 Å². The predicted molar refractivity (Wildman–Crippen MR) is 71.0 cm³/mol. The molecule has 1 aliphatic carbocycles. The Labute approximate surface area is 122 Å². The van der Waals surface area contributed by atoms with Crippen molar-refractivity contribution in [2.75, 3.05) is 0 Å². The Kier molecular flexibility index (Phi) is 4.71. The Balaban J connectivity index is 2.28. The first-order valence-electron chi connectivity index (χ1n) is 6.33. The van der Waals surface area contributed by atoms with E-state index in [-0.39, 0.29) is 41.6 Å². The van der Waals surface area contributed by atoms with Crippen LogP contribution >= 0.6 is 15.9 Å². The van der Waals surface area contributed by atoms with Gasteiger partial charge in [0.1, 0.15) is 11.6 Å².